The van der Waals surface area contributed by atoms with Gasteiger partial charge in [0.15, 0.2) is 0 Å². The van der Waals surface area contributed by atoms with Gasteiger partial charge in [0.25, 0.3) is 0 Å². The van der Waals surface area contributed by atoms with E-state index in [1.807, 2.05) is 0 Å². The Morgan fingerprint density at radius 3 is 0.905 bits per heavy atom. The molecule has 0 spiro atoms. The van der Waals surface area contributed by atoms with Crippen molar-refractivity contribution in [3.8, 4) is 0 Å². The van der Waals surface area contributed by atoms with Crippen molar-refractivity contribution in [2.45, 2.75) is 99.3 Å². The smallest absolute Gasteiger partial charge is 0.0586 e. The van der Waals surface area contributed by atoms with Gasteiger partial charge in [-0.3, -0.25) is 0 Å². The van der Waals surface area contributed by atoms with Gasteiger partial charge in [0.2, 0.25) is 0 Å². The monoisotopic (exact) mass is 464 g/mol. The van der Waals surface area contributed by atoms with E-state index in [4.69, 9.17) is 0 Å². The Balaban J connectivity index is -0.0000000921. The van der Waals surface area contributed by atoms with Gasteiger partial charge in [0.1, 0.15) is 0 Å². The van der Waals surface area contributed by atoms with Crippen molar-refractivity contribution in [1.29, 1.82) is 0 Å². The molecule has 21 heavy (non-hydrogen) atoms. The summed E-state index contributed by atoms with van der Waals surface area (Å²) < 4.78 is 2.30. The molecule has 0 unspecified atom stereocenters. The summed E-state index contributed by atoms with van der Waals surface area (Å²) in [5.41, 5.74) is 0.466. The van der Waals surface area contributed by atoms with E-state index in [2.05, 4.69) is 66.5 Å². The fraction of sp³-hybridized carbons (Fsp3) is 0.800. The maximum absolute atomic E-state index is 3.68. The summed E-state index contributed by atoms with van der Waals surface area (Å²) in [6, 6.07) is 0. The van der Waals surface area contributed by atoms with Gasteiger partial charge in [0.05, 0.1) is 0 Å². The van der Waals surface area contributed by atoms with E-state index in [1.165, 1.54) is 59.1 Å². The molecule has 0 saturated heterocycles. The van der Waals surface area contributed by atoms with E-state index in [-0.39, 0.29) is 0 Å². The standard InChI is InChI=1S/C5H10.3C5H11.Ta/c1-5(2,3)4;3*1-3-5-4-2;/h1H,2-4H3;3*1,3-5H2,2H3;/q;3*-1;. The third kappa shape index (κ3) is 77.3. The third-order valence-corrected chi connectivity index (χ3v) is 4.98. The Kier molecular flexibility index (Phi) is 40.5. The van der Waals surface area contributed by atoms with Gasteiger partial charge in [-0.05, 0) is 0 Å². The summed E-state index contributed by atoms with van der Waals surface area (Å²) in [5, 5.41) is 0. The van der Waals surface area contributed by atoms with E-state index < -0.39 is 0 Å². The van der Waals surface area contributed by atoms with Crippen LogP contribution < -0.4 is 0 Å². The summed E-state index contributed by atoms with van der Waals surface area (Å²) >= 11 is 1.40. The molecule has 0 aromatic rings. The van der Waals surface area contributed by atoms with Crippen LogP contribution in [0.5, 0.6) is 0 Å². The van der Waals surface area contributed by atoms with Gasteiger partial charge in [-0.1, -0.05) is 59.3 Å². The van der Waals surface area contributed by atoms with Crippen LogP contribution in [0, 0.1) is 26.2 Å². The van der Waals surface area contributed by atoms with Crippen LogP contribution in [0.15, 0.2) is 0 Å². The second-order valence-corrected chi connectivity index (χ2v) is 7.04. The second kappa shape index (κ2) is 28.7. The van der Waals surface area contributed by atoms with Crippen LogP contribution in [0.25, 0.3) is 0 Å². The molecular weight excluding hydrogens is 421 g/mol. The van der Waals surface area contributed by atoms with E-state index in [0.29, 0.717) is 5.41 Å². The molecule has 0 fully saturated rings. The molecule has 0 rings (SSSR count). The molecule has 1 heteroatoms. The zero-order chi connectivity index (χ0) is 17.6. The van der Waals surface area contributed by atoms with E-state index in [9.17, 15) is 0 Å². The zero-order valence-corrected chi connectivity index (χ0v) is 19.2. The first-order chi connectivity index (χ1) is 9.80. The molecule has 0 aromatic heterocycles. The minimum atomic E-state index is 0.466. The SMILES string of the molecule is CC(C)(C)[CH]=[Ta].[CH2-]CCCC.[CH2-]CCCC.[CH2-]CCCC. The first-order valence-corrected chi connectivity index (χ1v) is 10.5. The minimum absolute atomic E-state index is 0.466. The molecule has 0 amide bonds. The molecule has 131 valence electrons. The van der Waals surface area contributed by atoms with Crippen LogP contribution in [0.4, 0.5) is 0 Å². The van der Waals surface area contributed by atoms with Crippen LogP contribution in [-0.4, -0.2) is 4.23 Å². The Bertz CT molecular complexity index is 124. The summed E-state index contributed by atoms with van der Waals surface area (Å²) in [7, 11) is 0. The molecule has 0 atom stereocenters. The van der Waals surface area contributed by atoms with Crippen molar-refractivity contribution in [2.75, 3.05) is 0 Å². The molecule has 0 aliphatic rings. The minimum Gasteiger partial charge on any atom is -0.343 e. The van der Waals surface area contributed by atoms with Gasteiger partial charge in [-0.15, -0.1) is 0 Å². The largest absolute Gasteiger partial charge is 0.343 e. The van der Waals surface area contributed by atoms with Crippen LogP contribution in [-0.2, 0) is 20.6 Å². The topological polar surface area (TPSA) is 0 Å². The van der Waals surface area contributed by atoms with Crippen molar-refractivity contribution in [3.63, 3.8) is 0 Å². The number of rotatable bonds is 6. The molecule has 0 saturated carbocycles. The van der Waals surface area contributed by atoms with Gasteiger partial charge in [-0.25, -0.2) is 0 Å². The molecule has 0 aromatic carbocycles. The molecule has 0 aliphatic heterocycles. The summed E-state index contributed by atoms with van der Waals surface area (Å²) in [5.74, 6) is 0. The predicted octanol–water partition coefficient (Wildman–Crippen LogP) is 7.41. The first-order valence-electron chi connectivity index (χ1n) is 8.67. The van der Waals surface area contributed by atoms with Gasteiger partial charge in [0, 0.05) is 0 Å². The Labute approximate surface area is 150 Å². The average molecular weight is 465 g/mol. The Morgan fingerprint density at radius 2 is 0.905 bits per heavy atom. The average Bonchev–Trinajstić information content (AvgIpc) is 2.43. The third-order valence-electron chi connectivity index (χ3n) is 2.20. The fourth-order valence-electron chi connectivity index (χ4n) is 0.750. The Hall–Kier alpha value is 0.610. The van der Waals surface area contributed by atoms with Crippen LogP contribution >= 0.6 is 0 Å². The number of unbranched alkanes of at least 4 members (excludes halogenated alkanes) is 6. The maximum Gasteiger partial charge on any atom is -0.0586 e. The molecule has 0 aliphatic carbocycles. The molecule has 0 N–H and O–H groups in total. The van der Waals surface area contributed by atoms with Crippen molar-refractivity contribution in [1.82, 2.24) is 0 Å². The molecule has 0 nitrogen and oxygen atoms in total. The van der Waals surface area contributed by atoms with Crippen LogP contribution in [0.1, 0.15) is 99.3 Å². The quantitative estimate of drug-likeness (QED) is 0.359. The van der Waals surface area contributed by atoms with E-state index >= 15 is 0 Å². The molecular formula is C20H43Ta-3. The summed E-state index contributed by atoms with van der Waals surface area (Å²) in [4.78, 5) is 0. The van der Waals surface area contributed by atoms with Gasteiger partial charge < -0.3 is 20.8 Å². The second-order valence-electron chi connectivity index (χ2n) is 6.12. The Morgan fingerprint density at radius 1 is 0.714 bits per heavy atom. The maximum atomic E-state index is 3.68. The van der Waals surface area contributed by atoms with Crippen molar-refractivity contribution in [3.05, 3.63) is 20.8 Å². The van der Waals surface area contributed by atoms with Crippen molar-refractivity contribution in [2.24, 2.45) is 5.41 Å². The van der Waals surface area contributed by atoms with Crippen molar-refractivity contribution < 1.29 is 20.6 Å². The molecule has 0 radical (unpaired) electrons. The van der Waals surface area contributed by atoms with E-state index in [1.54, 1.807) is 0 Å². The predicted molar refractivity (Wildman–Crippen MR) is 100 cm³/mol. The van der Waals surface area contributed by atoms with Crippen LogP contribution in [0.2, 0.25) is 0 Å². The molecule has 0 bridgehead atoms. The fourth-order valence-corrected chi connectivity index (χ4v) is 0.750. The number of hydrogen-bond donors (Lipinski definition) is 0. The summed E-state index contributed by atoms with van der Waals surface area (Å²) in [6.45, 7) is 24.2. The summed E-state index contributed by atoms with van der Waals surface area (Å²) in [6.07, 6.45) is 11.0. The van der Waals surface area contributed by atoms with E-state index in [0.717, 1.165) is 19.3 Å². The normalized spacial score (nSPS) is 9.14. The van der Waals surface area contributed by atoms with Gasteiger partial charge in [-0.2, -0.15) is 19.3 Å². The number of hydrogen-bond acceptors (Lipinski definition) is 0. The van der Waals surface area contributed by atoms with Crippen LogP contribution in [0.3, 0.4) is 0 Å². The van der Waals surface area contributed by atoms with Gasteiger partial charge >= 0.3 is 51.0 Å². The van der Waals surface area contributed by atoms with Crippen molar-refractivity contribution >= 4 is 4.23 Å². The molecule has 0 heterocycles. The first kappa shape index (κ1) is 29.6. The zero-order valence-electron chi connectivity index (χ0n) is 16.0.